The highest BCUT2D eigenvalue weighted by molar-refractivity contribution is 6.05. The molecule has 1 saturated heterocycles. The van der Waals surface area contributed by atoms with E-state index in [0.29, 0.717) is 5.56 Å². The van der Waals surface area contributed by atoms with Crippen LogP contribution in [0.1, 0.15) is 35.9 Å². The highest BCUT2D eigenvalue weighted by Gasteiger charge is 2.49. The standard InChI is InChI=1S/C23H24O11/c1-9-17(28)21(32-10(2)24)19(30)23(31-9)34-22-18(29)16-14(27)7-13(26)8-15(16)33-20(22)11-3-5-12(25)6-4-11/h3-9,17,19-23,25-28,30H,1-2H3/t9-,17-,19+,20+,21+,22-,23-/m0/s1. The largest absolute Gasteiger partial charge is 0.508 e. The van der Waals surface area contributed by atoms with Crippen LogP contribution in [-0.2, 0) is 19.0 Å². The van der Waals surface area contributed by atoms with Crippen molar-refractivity contribution < 1.29 is 54.1 Å². The molecule has 7 atom stereocenters. The van der Waals surface area contributed by atoms with E-state index in [1.54, 1.807) is 0 Å². The number of phenols is 3. The molecule has 1 fully saturated rings. The zero-order valence-corrected chi connectivity index (χ0v) is 18.2. The Bertz CT molecular complexity index is 1080. The number of ether oxygens (including phenoxy) is 4. The molecular weight excluding hydrogens is 452 g/mol. The molecule has 0 aromatic heterocycles. The first-order valence-electron chi connectivity index (χ1n) is 10.5. The highest BCUT2D eigenvalue weighted by Crippen LogP contribution is 2.43. The average Bonchev–Trinajstić information content (AvgIpc) is 2.76. The van der Waals surface area contributed by atoms with Gasteiger partial charge in [-0.1, -0.05) is 12.1 Å². The summed E-state index contributed by atoms with van der Waals surface area (Å²) in [5.41, 5.74) is 0.160. The van der Waals surface area contributed by atoms with Gasteiger partial charge in [-0.2, -0.15) is 0 Å². The van der Waals surface area contributed by atoms with Crippen LogP contribution in [0.15, 0.2) is 36.4 Å². The van der Waals surface area contributed by atoms with E-state index in [1.807, 2.05) is 0 Å². The smallest absolute Gasteiger partial charge is 0.303 e. The van der Waals surface area contributed by atoms with Gasteiger partial charge in [-0.25, -0.2) is 0 Å². The van der Waals surface area contributed by atoms with Gasteiger partial charge in [0, 0.05) is 19.1 Å². The molecular formula is C23H24O11. The van der Waals surface area contributed by atoms with E-state index in [1.165, 1.54) is 31.2 Å². The van der Waals surface area contributed by atoms with E-state index in [9.17, 15) is 35.1 Å². The molecule has 2 aliphatic rings. The van der Waals surface area contributed by atoms with Crippen molar-refractivity contribution in [1.29, 1.82) is 0 Å². The van der Waals surface area contributed by atoms with Gasteiger partial charge < -0.3 is 44.5 Å². The molecule has 0 spiro atoms. The van der Waals surface area contributed by atoms with Crippen LogP contribution in [0.4, 0.5) is 0 Å². The fourth-order valence-electron chi connectivity index (χ4n) is 4.03. The van der Waals surface area contributed by atoms with E-state index in [-0.39, 0.29) is 22.8 Å². The van der Waals surface area contributed by atoms with E-state index in [2.05, 4.69) is 0 Å². The minimum absolute atomic E-state index is 0.0304. The van der Waals surface area contributed by atoms with Crippen molar-refractivity contribution in [2.24, 2.45) is 0 Å². The zero-order valence-electron chi connectivity index (χ0n) is 18.2. The van der Waals surface area contributed by atoms with Gasteiger partial charge in [0.15, 0.2) is 24.6 Å². The summed E-state index contributed by atoms with van der Waals surface area (Å²) >= 11 is 0. The Labute approximate surface area is 193 Å². The van der Waals surface area contributed by atoms with Gasteiger partial charge >= 0.3 is 5.97 Å². The van der Waals surface area contributed by atoms with E-state index < -0.39 is 60.4 Å². The molecule has 2 aliphatic heterocycles. The van der Waals surface area contributed by atoms with Crippen molar-refractivity contribution in [2.45, 2.75) is 56.8 Å². The molecule has 5 N–H and O–H groups in total. The number of hydrogen-bond acceptors (Lipinski definition) is 11. The van der Waals surface area contributed by atoms with Gasteiger partial charge in [0.05, 0.1) is 6.10 Å². The number of phenolic OH excluding ortho intramolecular Hbond substituents is 3. The molecule has 0 amide bonds. The SMILES string of the molecule is CC(=O)O[C@@H]1[C@@H](O)[C@H](C)O[C@@H](O[C@H]2C(=O)c3c(O)cc(O)cc3O[C@@H]2c2ccc(O)cc2)[C@@H]1O. The molecule has 34 heavy (non-hydrogen) atoms. The molecule has 0 bridgehead atoms. The third kappa shape index (κ3) is 4.38. The summed E-state index contributed by atoms with van der Waals surface area (Å²) in [6, 6.07) is 7.86. The molecule has 0 aliphatic carbocycles. The summed E-state index contributed by atoms with van der Waals surface area (Å²) in [7, 11) is 0. The monoisotopic (exact) mass is 476 g/mol. The number of aliphatic hydroxyl groups is 2. The number of benzene rings is 2. The van der Waals surface area contributed by atoms with Crippen LogP contribution >= 0.6 is 0 Å². The number of Topliss-reactive ketones (excluding diaryl/α,β-unsaturated/α-hetero) is 1. The maximum atomic E-state index is 13.4. The average molecular weight is 476 g/mol. The summed E-state index contributed by atoms with van der Waals surface area (Å²) in [5, 5.41) is 50.7. The van der Waals surface area contributed by atoms with Crippen LogP contribution in [0.2, 0.25) is 0 Å². The van der Waals surface area contributed by atoms with Crippen molar-refractivity contribution in [2.75, 3.05) is 0 Å². The Hall–Kier alpha value is -3.38. The second-order valence-electron chi connectivity index (χ2n) is 8.15. The van der Waals surface area contributed by atoms with E-state index in [0.717, 1.165) is 19.1 Å². The molecule has 0 saturated carbocycles. The molecule has 0 unspecified atom stereocenters. The van der Waals surface area contributed by atoms with Gasteiger partial charge in [0.2, 0.25) is 5.78 Å². The normalized spacial score (nSPS) is 30.8. The minimum atomic E-state index is -1.65. The molecule has 2 heterocycles. The first-order chi connectivity index (χ1) is 16.1. The van der Waals surface area contributed by atoms with Gasteiger partial charge in [0.25, 0.3) is 0 Å². The van der Waals surface area contributed by atoms with Gasteiger partial charge in [-0.3, -0.25) is 9.59 Å². The number of aromatic hydroxyl groups is 3. The Balaban J connectivity index is 1.71. The predicted molar refractivity (Wildman–Crippen MR) is 112 cm³/mol. The number of carbonyl (C=O) groups is 2. The number of esters is 1. The van der Waals surface area contributed by atoms with E-state index in [4.69, 9.17) is 18.9 Å². The fraction of sp³-hybridized carbons (Fsp3) is 0.391. The lowest BCUT2D eigenvalue weighted by atomic mass is 9.92. The van der Waals surface area contributed by atoms with Crippen molar-refractivity contribution in [1.82, 2.24) is 0 Å². The first kappa shape index (κ1) is 23.8. The summed E-state index contributed by atoms with van der Waals surface area (Å²) in [5.74, 6) is -2.45. The third-order valence-electron chi connectivity index (χ3n) is 5.69. The molecule has 4 rings (SSSR count). The quantitative estimate of drug-likeness (QED) is 0.397. The molecule has 0 radical (unpaired) electrons. The fourth-order valence-corrected chi connectivity index (χ4v) is 4.03. The molecule has 11 heteroatoms. The van der Waals surface area contributed by atoms with Gasteiger partial charge in [-0.05, 0) is 24.6 Å². The maximum Gasteiger partial charge on any atom is 0.303 e. The van der Waals surface area contributed by atoms with Gasteiger partial charge in [0.1, 0.15) is 40.8 Å². The summed E-state index contributed by atoms with van der Waals surface area (Å²) in [4.78, 5) is 24.9. The summed E-state index contributed by atoms with van der Waals surface area (Å²) in [6.07, 6.45) is -9.42. The first-order valence-corrected chi connectivity index (χ1v) is 10.5. The lowest BCUT2D eigenvalue weighted by Crippen LogP contribution is -2.60. The number of fused-ring (bicyclic) bond motifs is 1. The number of ketones is 1. The van der Waals surface area contributed by atoms with Crippen LogP contribution in [0, 0.1) is 0 Å². The second kappa shape index (κ2) is 9.11. The summed E-state index contributed by atoms with van der Waals surface area (Å²) < 4.78 is 22.3. The number of hydrogen-bond donors (Lipinski definition) is 5. The van der Waals surface area contributed by atoms with E-state index >= 15 is 0 Å². The highest BCUT2D eigenvalue weighted by atomic mass is 16.7. The Kier molecular flexibility index (Phi) is 6.36. The third-order valence-corrected chi connectivity index (χ3v) is 5.69. The lowest BCUT2D eigenvalue weighted by molar-refractivity contribution is -0.306. The van der Waals surface area contributed by atoms with Crippen LogP contribution in [-0.4, -0.2) is 74.1 Å². The topological polar surface area (TPSA) is 172 Å². The minimum Gasteiger partial charge on any atom is -0.508 e. The van der Waals surface area contributed by atoms with Crippen molar-refractivity contribution in [3.8, 4) is 23.0 Å². The second-order valence-corrected chi connectivity index (χ2v) is 8.15. The Morgan fingerprint density at radius 1 is 1.00 bits per heavy atom. The summed E-state index contributed by atoms with van der Waals surface area (Å²) in [6.45, 7) is 2.59. The Morgan fingerprint density at radius 3 is 2.32 bits per heavy atom. The number of rotatable bonds is 4. The number of carbonyl (C=O) groups excluding carboxylic acids is 2. The van der Waals surface area contributed by atoms with Crippen LogP contribution in [0.25, 0.3) is 0 Å². The molecule has 11 nitrogen and oxygen atoms in total. The lowest BCUT2D eigenvalue weighted by Gasteiger charge is -2.43. The van der Waals surface area contributed by atoms with Crippen molar-refractivity contribution in [3.05, 3.63) is 47.5 Å². The van der Waals surface area contributed by atoms with Crippen LogP contribution in [0.3, 0.4) is 0 Å². The van der Waals surface area contributed by atoms with Crippen molar-refractivity contribution in [3.63, 3.8) is 0 Å². The number of aliphatic hydroxyl groups excluding tert-OH is 2. The Morgan fingerprint density at radius 2 is 1.68 bits per heavy atom. The van der Waals surface area contributed by atoms with Crippen molar-refractivity contribution >= 4 is 11.8 Å². The van der Waals surface area contributed by atoms with Crippen LogP contribution < -0.4 is 4.74 Å². The zero-order chi connectivity index (χ0) is 24.7. The maximum absolute atomic E-state index is 13.4. The molecule has 2 aromatic rings. The van der Waals surface area contributed by atoms with Gasteiger partial charge in [-0.15, -0.1) is 0 Å². The van der Waals surface area contributed by atoms with Crippen LogP contribution in [0.5, 0.6) is 23.0 Å². The molecule has 182 valence electrons. The predicted octanol–water partition coefficient (Wildman–Crippen LogP) is 0.903. The molecule has 2 aromatic carbocycles.